The summed E-state index contributed by atoms with van der Waals surface area (Å²) in [5.74, 6) is 0. The number of ether oxygens (including phenoxy) is 1. The average Bonchev–Trinajstić information content (AvgIpc) is 3.59. The first-order chi connectivity index (χ1) is 24.0. The molecule has 1 saturated heterocycles. The molecule has 1 aliphatic heterocycles. The van der Waals surface area contributed by atoms with Crippen molar-refractivity contribution in [3.8, 4) is 0 Å². The lowest BCUT2D eigenvalue weighted by atomic mass is 9.71. The summed E-state index contributed by atoms with van der Waals surface area (Å²) in [4.78, 5) is 0. The average molecular weight is 646 g/mol. The molecule has 0 saturated carbocycles. The molecule has 6 aromatic carbocycles. The Morgan fingerprint density at radius 2 is 0.755 bits per heavy atom. The third kappa shape index (κ3) is 6.61. The molecule has 1 heterocycles. The molecule has 49 heavy (non-hydrogen) atoms. The molecule has 0 aromatic heterocycles. The smallest absolute Gasteiger partial charge is 0.142 e. The summed E-state index contributed by atoms with van der Waals surface area (Å²) < 4.78 is 7.45. The van der Waals surface area contributed by atoms with E-state index in [9.17, 15) is 10.2 Å². The van der Waals surface area contributed by atoms with Crippen LogP contribution in [-0.2, 0) is 28.8 Å². The molecule has 1 fully saturated rings. The topological polar surface area (TPSA) is 61.7 Å². The van der Waals surface area contributed by atoms with Gasteiger partial charge in [0.2, 0.25) is 0 Å². The van der Waals surface area contributed by atoms with Gasteiger partial charge >= 0.3 is 0 Å². The molecule has 2 atom stereocenters. The largest absolute Gasteiger partial charge is 0.379 e. The Morgan fingerprint density at radius 1 is 0.449 bits per heavy atom. The molecule has 0 unspecified atom stereocenters. The maximum absolute atomic E-state index is 13.4. The predicted octanol–water partition coefficient (Wildman–Crippen LogP) is 8.18. The lowest BCUT2D eigenvalue weighted by Gasteiger charge is -2.43. The van der Waals surface area contributed by atoms with Crippen molar-refractivity contribution in [1.29, 1.82) is 0 Å². The predicted molar refractivity (Wildman–Crippen MR) is 196 cm³/mol. The van der Waals surface area contributed by atoms with Crippen molar-refractivity contribution in [2.24, 2.45) is 0 Å². The molecule has 246 valence electrons. The molecule has 6 aromatic rings. The van der Waals surface area contributed by atoms with E-state index >= 15 is 0 Å². The van der Waals surface area contributed by atoms with E-state index in [-0.39, 0.29) is 0 Å². The Bertz CT molecular complexity index is 1660. The second-order valence-corrected chi connectivity index (χ2v) is 13.1. The number of hydrogen-bond acceptors (Lipinski definition) is 4. The van der Waals surface area contributed by atoms with Crippen LogP contribution in [0.25, 0.3) is 0 Å². The zero-order valence-electron chi connectivity index (χ0n) is 27.6. The lowest BCUT2D eigenvalue weighted by Crippen LogP contribution is -2.59. The van der Waals surface area contributed by atoms with E-state index in [0.29, 0.717) is 24.0 Å². The Kier molecular flexibility index (Phi) is 9.56. The van der Waals surface area contributed by atoms with Crippen LogP contribution in [0.1, 0.15) is 46.2 Å². The minimum atomic E-state index is -1.63. The van der Waals surface area contributed by atoms with E-state index in [1.165, 1.54) is 11.1 Å². The summed E-state index contributed by atoms with van der Waals surface area (Å²) in [6, 6.07) is 59.2. The minimum absolute atomic E-state index is 0.635. The van der Waals surface area contributed by atoms with Crippen molar-refractivity contribution in [3.63, 3.8) is 0 Å². The molecule has 4 nitrogen and oxygen atoms in total. The normalized spacial score (nSPS) is 17.5. The fraction of sp³-hybridized carbons (Fsp3) is 0.200. The molecule has 0 spiro atoms. The van der Waals surface area contributed by atoms with Gasteiger partial charge in [-0.1, -0.05) is 182 Å². The van der Waals surface area contributed by atoms with E-state index < -0.39 is 29.1 Å². The molecule has 0 aliphatic carbocycles. The summed E-state index contributed by atoms with van der Waals surface area (Å²) in [6.45, 7) is 0. The molecular weight excluding hydrogens is 602 g/mol. The Hall–Kier alpha value is -4.84. The van der Waals surface area contributed by atoms with Crippen molar-refractivity contribution in [3.05, 3.63) is 215 Å². The van der Waals surface area contributed by atoms with Crippen LogP contribution >= 0.6 is 0 Å². The van der Waals surface area contributed by atoms with Gasteiger partial charge in [0.25, 0.3) is 0 Å². The van der Waals surface area contributed by atoms with E-state index in [2.05, 4.69) is 53.8 Å². The van der Waals surface area contributed by atoms with Crippen LogP contribution in [0.2, 0.25) is 0 Å². The molecule has 1 aliphatic rings. The lowest BCUT2D eigenvalue weighted by molar-refractivity contribution is -0.142. The van der Waals surface area contributed by atoms with Crippen LogP contribution in [-0.4, -0.2) is 28.1 Å². The molecule has 7 rings (SSSR count). The van der Waals surface area contributed by atoms with Gasteiger partial charge < -0.3 is 14.9 Å². The summed E-state index contributed by atoms with van der Waals surface area (Å²) in [6.07, 6.45) is 1.87. The third-order valence-corrected chi connectivity index (χ3v) is 10.1. The molecular formula is C45H43NO3. The zero-order valence-corrected chi connectivity index (χ0v) is 27.6. The summed E-state index contributed by atoms with van der Waals surface area (Å²) >= 11 is 0. The molecule has 4 heteroatoms. The SMILES string of the molecule is OC(c1ccccc1)(c1ccccc1)[C@@H]1NC(CCc2ccccc2)(CCc2ccccc2)O[C@H]1C(O)(c1ccccc1)c1ccccc1. The van der Waals surface area contributed by atoms with Gasteiger partial charge in [-0.05, 0) is 59.1 Å². The van der Waals surface area contributed by atoms with Gasteiger partial charge in [-0.15, -0.1) is 0 Å². The van der Waals surface area contributed by atoms with Crippen molar-refractivity contribution >= 4 is 0 Å². The first kappa shape index (κ1) is 32.7. The van der Waals surface area contributed by atoms with Gasteiger partial charge in [0.1, 0.15) is 23.0 Å². The van der Waals surface area contributed by atoms with Crippen LogP contribution in [0.5, 0.6) is 0 Å². The first-order valence-corrected chi connectivity index (χ1v) is 17.2. The van der Waals surface area contributed by atoms with Crippen LogP contribution < -0.4 is 5.32 Å². The highest BCUT2D eigenvalue weighted by atomic mass is 16.6. The highest BCUT2D eigenvalue weighted by molar-refractivity contribution is 5.44. The molecule has 0 bridgehead atoms. The quantitative estimate of drug-likeness (QED) is 0.126. The molecule has 0 amide bonds. The Balaban J connectivity index is 1.43. The number of hydrogen-bond donors (Lipinski definition) is 3. The fourth-order valence-corrected chi connectivity index (χ4v) is 7.51. The third-order valence-electron chi connectivity index (χ3n) is 10.1. The summed E-state index contributed by atoms with van der Waals surface area (Å²) in [5, 5.41) is 30.8. The number of benzene rings is 6. The van der Waals surface area contributed by atoms with Crippen molar-refractivity contribution in [1.82, 2.24) is 5.32 Å². The Labute approximate surface area is 289 Å². The fourth-order valence-electron chi connectivity index (χ4n) is 7.51. The van der Waals surface area contributed by atoms with Gasteiger partial charge in [-0.3, -0.25) is 5.32 Å². The second kappa shape index (κ2) is 14.3. The Morgan fingerprint density at radius 3 is 1.10 bits per heavy atom. The van der Waals surface area contributed by atoms with Crippen LogP contribution in [0, 0.1) is 0 Å². The van der Waals surface area contributed by atoms with Gasteiger partial charge in [0.05, 0.1) is 6.04 Å². The van der Waals surface area contributed by atoms with Crippen molar-refractivity contribution in [2.75, 3.05) is 0 Å². The van der Waals surface area contributed by atoms with Gasteiger partial charge in [-0.2, -0.15) is 0 Å². The standard InChI is InChI=1S/C45H43NO3/c47-44(37-23-11-3-12-24-37,38-25-13-4-14-26-38)41-42(45(48,39-27-15-5-16-28-39)40-29-17-6-18-30-40)49-43(46-41,33-31-35-19-7-1-8-20-35)34-32-36-21-9-2-10-22-36/h1-30,41-42,46-48H,31-34H2/t41-,42-/m1/s1. The molecule has 3 N–H and O–H groups in total. The van der Waals surface area contributed by atoms with Crippen LogP contribution in [0.3, 0.4) is 0 Å². The van der Waals surface area contributed by atoms with E-state index in [0.717, 1.165) is 24.0 Å². The highest BCUT2D eigenvalue weighted by Gasteiger charge is 2.61. The summed E-state index contributed by atoms with van der Waals surface area (Å²) in [7, 11) is 0. The number of aliphatic hydroxyl groups is 2. The van der Waals surface area contributed by atoms with Crippen molar-refractivity contribution in [2.45, 2.75) is 54.8 Å². The number of aryl methyl sites for hydroxylation is 2. The van der Waals surface area contributed by atoms with Gasteiger partial charge in [0, 0.05) is 0 Å². The van der Waals surface area contributed by atoms with E-state index in [1.54, 1.807) is 0 Å². The second-order valence-electron chi connectivity index (χ2n) is 13.1. The minimum Gasteiger partial charge on any atom is -0.379 e. The summed E-state index contributed by atoms with van der Waals surface area (Å²) in [5.41, 5.74) is 1.15. The maximum atomic E-state index is 13.4. The zero-order chi connectivity index (χ0) is 33.6. The number of rotatable bonds is 12. The number of nitrogens with one attached hydrogen (secondary N) is 1. The van der Waals surface area contributed by atoms with Crippen molar-refractivity contribution < 1.29 is 14.9 Å². The van der Waals surface area contributed by atoms with Crippen LogP contribution in [0.15, 0.2) is 182 Å². The molecule has 0 radical (unpaired) electrons. The van der Waals surface area contributed by atoms with E-state index in [4.69, 9.17) is 4.74 Å². The van der Waals surface area contributed by atoms with E-state index in [1.807, 2.05) is 133 Å². The monoisotopic (exact) mass is 645 g/mol. The highest BCUT2D eigenvalue weighted by Crippen LogP contribution is 2.49. The first-order valence-electron chi connectivity index (χ1n) is 17.2. The van der Waals surface area contributed by atoms with Crippen LogP contribution in [0.4, 0.5) is 0 Å². The maximum Gasteiger partial charge on any atom is 0.142 e. The van der Waals surface area contributed by atoms with Gasteiger partial charge in [0.15, 0.2) is 0 Å². The van der Waals surface area contributed by atoms with Gasteiger partial charge in [-0.25, -0.2) is 0 Å².